The van der Waals surface area contributed by atoms with E-state index in [-0.39, 0.29) is 18.5 Å². The lowest BCUT2D eigenvalue weighted by atomic mass is 9.98. The van der Waals surface area contributed by atoms with Gasteiger partial charge in [-0.1, -0.05) is 36.4 Å². The number of hydrogen-bond donors (Lipinski definition) is 1. The smallest absolute Gasteiger partial charge is 0.240 e. The summed E-state index contributed by atoms with van der Waals surface area (Å²) in [6.07, 6.45) is 6.91. The van der Waals surface area contributed by atoms with E-state index in [4.69, 9.17) is 4.74 Å². The van der Waals surface area contributed by atoms with Gasteiger partial charge in [0.25, 0.3) is 0 Å². The van der Waals surface area contributed by atoms with Crippen LogP contribution in [0.2, 0.25) is 0 Å². The minimum absolute atomic E-state index is 0.0148. The summed E-state index contributed by atoms with van der Waals surface area (Å²) < 4.78 is 7.78. The van der Waals surface area contributed by atoms with E-state index in [0.29, 0.717) is 6.61 Å². The van der Waals surface area contributed by atoms with Gasteiger partial charge in [-0.15, -0.1) is 0 Å². The summed E-state index contributed by atoms with van der Waals surface area (Å²) in [5.41, 5.74) is 1.06. The van der Waals surface area contributed by atoms with Gasteiger partial charge < -0.3 is 14.6 Å². The van der Waals surface area contributed by atoms with Crippen molar-refractivity contribution >= 4 is 16.7 Å². The highest BCUT2D eigenvalue weighted by Crippen LogP contribution is 2.37. The van der Waals surface area contributed by atoms with Crippen LogP contribution in [0, 0.1) is 0 Å². The third kappa shape index (κ3) is 2.85. The molecule has 1 aromatic heterocycles. The maximum atomic E-state index is 12.4. The zero-order valence-electron chi connectivity index (χ0n) is 13.3. The Morgan fingerprint density at radius 2 is 2.21 bits per heavy atom. The van der Waals surface area contributed by atoms with Crippen molar-refractivity contribution in [3.05, 3.63) is 60.7 Å². The van der Waals surface area contributed by atoms with E-state index in [1.807, 2.05) is 12.1 Å². The van der Waals surface area contributed by atoms with Crippen molar-refractivity contribution < 1.29 is 9.53 Å². The fourth-order valence-electron chi connectivity index (χ4n) is 3.25. The molecule has 2 aromatic carbocycles. The predicted molar refractivity (Wildman–Crippen MR) is 91.8 cm³/mol. The van der Waals surface area contributed by atoms with Crippen LogP contribution in [0.3, 0.4) is 0 Å². The molecule has 0 radical (unpaired) electrons. The van der Waals surface area contributed by atoms with Crippen molar-refractivity contribution in [3.63, 3.8) is 0 Å². The quantitative estimate of drug-likeness (QED) is 0.806. The van der Waals surface area contributed by atoms with E-state index in [0.717, 1.165) is 34.9 Å². The second-order valence-electron chi connectivity index (χ2n) is 6.05. The lowest BCUT2D eigenvalue weighted by Crippen LogP contribution is -2.31. The number of aromatic nitrogens is 2. The number of benzene rings is 2. The van der Waals surface area contributed by atoms with Gasteiger partial charge in [-0.05, 0) is 18.2 Å². The highest BCUT2D eigenvalue weighted by atomic mass is 16.5. The fourth-order valence-corrected chi connectivity index (χ4v) is 3.25. The van der Waals surface area contributed by atoms with E-state index in [1.54, 1.807) is 23.3 Å². The van der Waals surface area contributed by atoms with Crippen molar-refractivity contribution in [1.82, 2.24) is 14.9 Å². The Kier molecular flexibility index (Phi) is 3.91. The molecule has 0 saturated carbocycles. The minimum atomic E-state index is -0.0249. The molecule has 4 rings (SSSR count). The van der Waals surface area contributed by atoms with Crippen molar-refractivity contribution in [2.45, 2.75) is 25.4 Å². The van der Waals surface area contributed by atoms with E-state index < -0.39 is 0 Å². The number of hydrogen-bond acceptors (Lipinski definition) is 3. The third-order valence-electron chi connectivity index (χ3n) is 4.39. The molecule has 0 unspecified atom stereocenters. The maximum absolute atomic E-state index is 12.4. The van der Waals surface area contributed by atoms with Gasteiger partial charge in [-0.2, -0.15) is 0 Å². The Morgan fingerprint density at radius 1 is 1.29 bits per heavy atom. The van der Waals surface area contributed by atoms with Gasteiger partial charge >= 0.3 is 0 Å². The van der Waals surface area contributed by atoms with Crippen LogP contribution in [0.5, 0.6) is 5.75 Å². The summed E-state index contributed by atoms with van der Waals surface area (Å²) in [7, 11) is 0. The number of carbonyl (C=O) groups excluding carboxylic acids is 1. The van der Waals surface area contributed by atoms with Crippen LogP contribution in [-0.4, -0.2) is 22.1 Å². The molecule has 0 fully saturated rings. The lowest BCUT2D eigenvalue weighted by Gasteiger charge is -2.19. The van der Waals surface area contributed by atoms with Crippen molar-refractivity contribution in [2.75, 3.05) is 6.61 Å². The second-order valence-corrected chi connectivity index (χ2v) is 6.05. The largest absolute Gasteiger partial charge is 0.493 e. The zero-order chi connectivity index (χ0) is 16.4. The summed E-state index contributed by atoms with van der Waals surface area (Å²) in [5, 5.41) is 5.41. The average molecular weight is 321 g/mol. The number of carbonyl (C=O) groups is 1. The fraction of sp³-hybridized carbons (Fsp3) is 0.263. The van der Waals surface area contributed by atoms with Crippen LogP contribution < -0.4 is 10.1 Å². The summed E-state index contributed by atoms with van der Waals surface area (Å²) in [4.78, 5) is 16.3. The predicted octanol–water partition coefficient (Wildman–Crippen LogP) is 3.07. The van der Waals surface area contributed by atoms with Crippen LogP contribution >= 0.6 is 0 Å². The topological polar surface area (TPSA) is 56.2 Å². The molecule has 5 heteroatoms. The molecule has 24 heavy (non-hydrogen) atoms. The van der Waals surface area contributed by atoms with Gasteiger partial charge in [-0.3, -0.25) is 4.79 Å². The van der Waals surface area contributed by atoms with Gasteiger partial charge in [0.05, 0.1) is 19.0 Å². The molecule has 1 N–H and O–H groups in total. The van der Waals surface area contributed by atoms with Gasteiger partial charge in [0.15, 0.2) is 0 Å². The summed E-state index contributed by atoms with van der Waals surface area (Å²) in [6.45, 7) is 0.954. The maximum Gasteiger partial charge on any atom is 0.240 e. The van der Waals surface area contributed by atoms with Crippen molar-refractivity contribution in [3.8, 4) is 5.75 Å². The van der Waals surface area contributed by atoms with Gasteiger partial charge in [0, 0.05) is 23.3 Å². The summed E-state index contributed by atoms with van der Waals surface area (Å²) in [5.74, 6) is 0.887. The van der Waals surface area contributed by atoms with E-state index in [1.165, 1.54) is 0 Å². The number of imidazole rings is 1. The molecule has 1 aliphatic heterocycles. The normalized spacial score (nSPS) is 16.9. The molecule has 0 bridgehead atoms. The number of rotatable bonds is 3. The third-order valence-corrected chi connectivity index (χ3v) is 4.39. The number of fused-ring (bicyclic) bond motifs is 3. The van der Waals surface area contributed by atoms with Gasteiger partial charge in [0.1, 0.15) is 12.3 Å². The highest BCUT2D eigenvalue weighted by Gasteiger charge is 2.23. The highest BCUT2D eigenvalue weighted by molar-refractivity contribution is 5.90. The Morgan fingerprint density at radius 3 is 3.08 bits per heavy atom. The van der Waals surface area contributed by atoms with Crippen LogP contribution in [-0.2, 0) is 11.3 Å². The number of nitrogens with zero attached hydrogens (tertiary/aromatic N) is 2. The Balaban J connectivity index is 1.63. The molecule has 0 spiro atoms. The summed E-state index contributed by atoms with van der Waals surface area (Å²) >= 11 is 0. The first-order valence-corrected chi connectivity index (χ1v) is 8.21. The van der Waals surface area contributed by atoms with Gasteiger partial charge in [0.2, 0.25) is 5.91 Å². The van der Waals surface area contributed by atoms with Gasteiger partial charge in [-0.25, -0.2) is 4.98 Å². The van der Waals surface area contributed by atoms with Crippen LogP contribution in [0.25, 0.3) is 10.8 Å². The first-order chi connectivity index (χ1) is 11.8. The molecule has 5 nitrogen and oxygen atoms in total. The molecule has 1 amide bonds. The van der Waals surface area contributed by atoms with E-state index in [2.05, 4.69) is 34.6 Å². The van der Waals surface area contributed by atoms with Crippen molar-refractivity contribution in [1.29, 1.82) is 0 Å². The standard InChI is InChI=1S/C19H19N3O2/c23-18(12-22-10-9-20-13-22)21-17-6-3-11-24-19-15-5-2-1-4-14(15)7-8-16(17)19/h1-2,4-5,7-10,13,17H,3,6,11-12H2,(H,21,23)/t17-/m1/s1. The molecule has 0 aliphatic carbocycles. The molecule has 3 aromatic rings. The first kappa shape index (κ1) is 14.8. The monoisotopic (exact) mass is 321 g/mol. The minimum Gasteiger partial charge on any atom is -0.493 e. The molecule has 122 valence electrons. The number of nitrogens with one attached hydrogen (secondary N) is 1. The van der Waals surface area contributed by atoms with Crippen LogP contribution in [0.4, 0.5) is 0 Å². The average Bonchev–Trinajstić information content (AvgIpc) is 3.01. The molecule has 0 saturated heterocycles. The molecule has 1 aliphatic rings. The van der Waals surface area contributed by atoms with Crippen LogP contribution in [0.15, 0.2) is 55.1 Å². The molecular weight excluding hydrogens is 302 g/mol. The molecule has 2 heterocycles. The lowest BCUT2D eigenvalue weighted by molar-refractivity contribution is -0.122. The number of ether oxygens (including phenoxy) is 1. The van der Waals surface area contributed by atoms with Crippen LogP contribution in [0.1, 0.15) is 24.4 Å². The molecular formula is C19H19N3O2. The number of amides is 1. The zero-order valence-corrected chi connectivity index (χ0v) is 13.3. The summed E-state index contributed by atoms with van der Waals surface area (Å²) in [6, 6.07) is 12.3. The van der Waals surface area contributed by atoms with E-state index >= 15 is 0 Å². The Hall–Kier alpha value is -2.82. The second kappa shape index (κ2) is 6.35. The first-order valence-electron chi connectivity index (χ1n) is 8.21. The Bertz CT molecular complexity index is 858. The Labute approximate surface area is 140 Å². The van der Waals surface area contributed by atoms with Crippen molar-refractivity contribution in [2.24, 2.45) is 0 Å². The van der Waals surface area contributed by atoms with E-state index in [9.17, 15) is 4.79 Å². The molecule has 1 atom stereocenters. The SMILES string of the molecule is O=C(Cn1ccnc1)N[C@@H]1CCCOc2c1ccc1ccccc21.